The third kappa shape index (κ3) is 3.83. The van der Waals surface area contributed by atoms with Crippen molar-refractivity contribution in [3.63, 3.8) is 0 Å². The summed E-state index contributed by atoms with van der Waals surface area (Å²) in [6.07, 6.45) is 0. The average Bonchev–Trinajstić information content (AvgIpc) is 3.19. The zero-order valence-corrected chi connectivity index (χ0v) is 13.7. The molecule has 0 unspecified atom stereocenters. The maximum absolute atomic E-state index is 13.9. The Hall–Kier alpha value is -2.05. The Morgan fingerprint density at radius 3 is 2.04 bits per heavy atom. The van der Waals surface area contributed by atoms with Crippen molar-refractivity contribution in [2.75, 3.05) is 0 Å². The van der Waals surface area contributed by atoms with Gasteiger partial charge in [-0.2, -0.15) is 0 Å². The molecule has 0 aliphatic carbocycles. The summed E-state index contributed by atoms with van der Waals surface area (Å²) in [4.78, 5) is 16.3. The van der Waals surface area contributed by atoms with Crippen LogP contribution in [0.4, 0.5) is 8.78 Å². The normalized spacial score (nSPS) is 10.7. The zero-order chi connectivity index (χ0) is 16.2. The minimum Gasteiger partial charge on any atom is -0.328 e. The molecule has 0 saturated heterocycles. The molecule has 0 aliphatic rings. The van der Waals surface area contributed by atoms with E-state index in [0.717, 1.165) is 21.9 Å². The minimum absolute atomic E-state index is 0.112. The monoisotopic (exact) mass is 349 g/mol. The third-order valence-corrected chi connectivity index (χ3v) is 5.02. The van der Waals surface area contributed by atoms with Gasteiger partial charge in [0.1, 0.15) is 11.6 Å². The Balaban J connectivity index is 1.88. The second kappa shape index (κ2) is 7.02. The van der Waals surface area contributed by atoms with E-state index in [1.165, 1.54) is 28.7 Å². The first kappa shape index (κ1) is 15.8. The summed E-state index contributed by atoms with van der Waals surface area (Å²) in [7, 11) is 0. The lowest BCUT2D eigenvalue weighted by molar-refractivity contribution is 0.0728. The number of carbonyl (C=O) groups excluding carboxylic acids is 1. The van der Waals surface area contributed by atoms with Crippen molar-refractivity contribution < 1.29 is 13.6 Å². The highest BCUT2D eigenvalue weighted by atomic mass is 32.1. The maximum atomic E-state index is 13.9. The van der Waals surface area contributed by atoms with Crippen molar-refractivity contribution in [2.24, 2.45) is 0 Å². The molecule has 3 rings (SSSR count). The topological polar surface area (TPSA) is 20.3 Å². The smallest absolute Gasteiger partial charge is 0.257 e. The van der Waals surface area contributed by atoms with Crippen LogP contribution in [-0.2, 0) is 13.1 Å². The van der Waals surface area contributed by atoms with E-state index in [0.29, 0.717) is 13.1 Å². The van der Waals surface area contributed by atoms with Crippen LogP contribution in [0.2, 0.25) is 0 Å². The van der Waals surface area contributed by atoms with Gasteiger partial charge in [-0.1, -0.05) is 12.1 Å². The molecule has 2 heterocycles. The van der Waals surface area contributed by atoms with Gasteiger partial charge in [-0.3, -0.25) is 4.79 Å². The van der Waals surface area contributed by atoms with Gasteiger partial charge in [-0.15, -0.1) is 22.7 Å². The van der Waals surface area contributed by atoms with Crippen LogP contribution in [0.1, 0.15) is 20.1 Å². The highest BCUT2D eigenvalue weighted by Crippen LogP contribution is 2.20. The van der Waals surface area contributed by atoms with Gasteiger partial charge >= 0.3 is 0 Å². The molecule has 0 spiro atoms. The van der Waals surface area contributed by atoms with Gasteiger partial charge in [-0.25, -0.2) is 8.78 Å². The van der Waals surface area contributed by atoms with Crippen LogP contribution in [0.25, 0.3) is 0 Å². The van der Waals surface area contributed by atoms with Crippen LogP contribution in [0.5, 0.6) is 0 Å². The molecule has 0 N–H and O–H groups in total. The van der Waals surface area contributed by atoms with Gasteiger partial charge in [0.15, 0.2) is 0 Å². The van der Waals surface area contributed by atoms with Crippen molar-refractivity contribution >= 4 is 28.6 Å². The first-order chi connectivity index (χ1) is 11.1. The largest absolute Gasteiger partial charge is 0.328 e. The van der Waals surface area contributed by atoms with E-state index in [9.17, 15) is 13.6 Å². The maximum Gasteiger partial charge on any atom is 0.257 e. The highest BCUT2D eigenvalue weighted by molar-refractivity contribution is 7.10. The third-order valence-electron chi connectivity index (χ3n) is 3.30. The number of benzene rings is 1. The average molecular weight is 349 g/mol. The van der Waals surface area contributed by atoms with Crippen LogP contribution in [-0.4, -0.2) is 10.8 Å². The number of rotatable bonds is 5. The predicted octanol–water partition coefficient (Wildman–Crippen LogP) is 4.93. The van der Waals surface area contributed by atoms with E-state index >= 15 is 0 Å². The SMILES string of the molecule is O=C(c1ccc(F)cc1F)N(Cc1cccs1)Cc1cccs1. The summed E-state index contributed by atoms with van der Waals surface area (Å²) in [5.41, 5.74) is -0.112. The Morgan fingerprint density at radius 2 is 1.57 bits per heavy atom. The Labute approximate surface area is 140 Å². The Bertz CT molecular complexity index is 749. The molecule has 0 fully saturated rings. The summed E-state index contributed by atoms with van der Waals surface area (Å²) in [6, 6.07) is 10.7. The molecule has 0 radical (unpaired) electrons. The fraction of sp³-hybridized carbons (Fsp3) is 0.118. The quantitative estimate of drug-likeness (QED) is 0.639. The minimum atomic E-state index is -0.836. The Morgan fingerprint density at radius 1 is 0.957 bits per heavy atom. The summed E-state index contributed by atoms with van der Waals surface area (Å²) in [6.45, 7) is 0.788. The molecule has 0 aliphatic heterocycles. The fourth-order valence-corrected chi connectivity index (χ4v) is 3.65. The first-order valence-corrected chi connectivity index (χ1v) is 8.68. The van der Waals surface area contributed by atoms with Gasteiger partial charge < -0.3 is 4.90 Å². The number of thiophene rings is 2. The highest BCUT2D eigenvalue weighted by Gasteiger charge is 2.21. The first-order valence-electron chi connectivity index (χ1n) is 6.92. The van der Waals surface area contributed by atoms with Gasteiger partial charge in [0.05, 0.1) is 18.7 Å². The van der Waals surface area contributed by atoms with Gasteiger partial charge in [0.2, 0.25) is 0 Å². The van der Waals surface area contributed by atoms with E-state index in [1.54, 1.807) is 4.90 Å². The summed E-state index contributed by atoms with van der Waals surface area (Å²) >= 11 is 3.08. The number of halogens is 2. The fourth-order valence-electron chi connectivity index (χ4n) is 2.21. The number of hydrogen-bond acceptors (Lipinski definition) is 3. The van der Waals surface area contributed by atoms with Crippen molar-refractivity contribution in [1.82, 2.24) is 4.90 Å². The second-order valence-corrected chi connectivity index (χ2v) is 7.01. The molecule has 1 aromatic carbocycles. The van der Waals surface area contributed by atoms with Gasteiger partial charge in [-0.05, 0) is 35.0 Å². The second-order valence-electron chi connectivity index (χ2n) is 4.94. The standard InChI is InChI=1S/C17H13F2NOS2/c18-12-5-6-15(16(19)9-12)17(21)20(10-13-3-1-7-22-13)11-14-4-2-8-23-14/h1-9H,10-11H2. The molecule has 118 valence electrons. The van der Waals surface area contributed by atoms with Crippen LogP contribution in [0, 0.1) is 11.6 Å². The molecule has 1 amide bonds. The summed E-state index contributed by atoms with van der Waals surface area (Å²) < 4.78 is 27.0. The van der Waals surface area contributed by atoms with E-state index in [1.807, 2.05) is 35.0 Å². The van der Waals surface area contributed by atoms with Crippen LogP contribution >= 0.6 is 22.7 Å². The molecule has 2 aromatic heterocycles. The number of amides is 1. The molecule has 6 heteroatoms. The lowest BCUT2D eigenvalue weighted by atomic mass is 10.1. The van der Waals surface area contributed by atoms with E-state index in [4.69, 9.17) is 0 Å². The number of carbonyl (C=O) groups is 1. The molecule has 0 bridgehead atoms. The Kier molecular flexibility index (Phi) is 4.83. The zero-order valence-electron chi connectivity index (χ0n) is 12.0. The lowest BCUT2D eigenvalue weighted by Gasteiger charge is -2.22. The van der Waals surface area contributed by atoms with E-state index in [-0.39, 0.29) is 5.56 Å². The van der Waals surface area contributed by atoms with Crippen molar-refractivity contribution in [2.45, 2.75) is 13.1 Å². The molecule has 3 aromatic rings. The molecule has 2 nitrogen and oxygen atoms in total. The predicted molar refractivity (Wildman–Crippen MR) is 88.6 cm³/mol. The van der Waals surface area contributed by atoms with E-state index < -0.39 is 17.5 Å². The molecular formula is C17H13F2NOS2. The van der Waals surface area contributed by atoms with Crippen LogP contribution < -0.4 is 0 Å². The molecule has 0 atom stereocenters. The van der Waals surface area contributed by atoms with Crippen molar-refractivity contribution in [1.29, 1.82) is 0 Å². The molecule has 23 heavy (non-hydrogen) atoms. The number of hydrogen-bond donors (Lipinski definition) is 0. The van der Waals surface area contributed by atoms with Crippen molar-refractivity contribution in [3.8, 4) is 0 Å². The molecular weight excluding hydrogens is 336 g/mol. The van der Waals surface area contributed by atoms with Crippen LogP contribution in [0.15, 0.2) is 53.2 Å². The van der Waals surface area contributed by atoms with E-state index in [2.05, 4.69) is 0 Å². The summed E-state index contributed by atoms with van der Waals surface area (Å²) in [5.74, 6) is -1.97. The molecule has 0 saturated carbocycles. The van der Waals surface area contributed by atoms with Crippen LogP contribution in [0.3, 0.4) is 0 Å². The summed E-state index contributed by atoms with van der Waals surface area (Å²) in [5, 5.41) is 3.86. The van der Waals surface area contributed by atoms with Gasteiger partial charge in [0, 0.05) is 15.8 Å². The van der Waals surface area contributed by atoms with Gasteiger partial charge in [0.25, 0.3) is 5.91 Å². The lowest BCUT2D eigenvalue weighted by Crippen LogP contribution is -2.30. The van der Waals surface area contributed by atoms with Crippen molar-refractivity contribution in [3.05, 3.63) is 80.2 Å². The number of nitrogens with zero attached hydrogens (tertiary/aromatic N) is 1.